The summed E-state index contributed by atoms with van der Waals surface area (Å²) in [5.41, 5.74) is 0.122. The number of hydrogen-bond donors (Lipinski definition) is 3. The average Bonchev–Trinajstić information content (AvgIpc) is 3.18. The Morgan fingerprint density at radius 3 is 2.44 bits per heavy atom. The first-order chi connectivity index (χ1) is 13.0. The van der Waals surface area contributed by atoms with Crippen molar-refractivity contribution in [2.24, 2.45) is 11.3 Å². The number of carboxylic acids is 1. The minimum atomic E-state index is -1.40. The lowest BCUT2D eigenvalue weighted by Gasteiger charge is -2.23. The lowest BCUT2D eigenvalue weighted by Crippen LogP contribution is -2.44. The van der Waals surface area contributed by atoms with Crippen molar-refractivity contribution in [2.45, 2.75) is 51.5 Å². The standard InChI is InChI=1S/C21H26N2O4/c24-18(16-8-2-1-3-9-16)23-17-10-6-7-15(13-17)14-22-19(25)21(20(26)27)11-4-5-12-21/h4-7,10,13,16H,1-3,8-9,11-12,14H2,(H,22,25)(H,23,24)(H,26,27). The Labute approximate surface area is 159 Å². The highest BCUT2D eigenvalue weighted by Crippen LogP contribution is 2.34. The molecule has 2 aliphatic carbocycles. The second-order valence-corrected chi connectivity index (χ2v) is 7.47. The number of anilines is 1. The van der Waals surface area contributed by atoms with Gasteiger partial charge in [0.25, 0.3) is 0 Å². The van der Waals surface area contributed by atoms with E-state index in [1.165, 1.54) is 6.42 Å². The van der Waals surface area contributed by atoms with Gasteiger partial charge in [-0.1, -0.05) is 43.5 Å². The lowest BCUT2D eigenvalue weighted by atomic mass is 9.84. The third kappa shape index (κ3) is 4.38. The van der Waals surface area contributed by atoms with Crippen LogP contribution >= 0.6 is 0 Å². The zero-order valence-electron chi connectivity index (χ0n) is 15.4. The van der Waals surface area contributed by atoms with Gasteiger partial charge in [0.1, 0.15) is 0 Å². The second kappa shape index (κ2) is 8.37. The fourth-order valence-corrected chi connectivity index (χ4v) is 3.83. The van der Waals surface area contributed by atoms with Gasteiger partial charge < -0.3 is 15.7 Å². The van der Waals surface area contributed by atoms with Crippen LogP contribution in [0.2, 0.25) is 0 Å². The minimum Gasteiger partial charge on any atom is -0.480 e. The van der Waals surface area contributed by atoms with E-state index in [9.17, 15) is 19.5 Å². The number of amides is 2. The van der Waals surface area contributed by atoms with Crippen LogP contribution in [0.25, 0.3) is 0 Å². The molecule has 144 valence electrons. The molecule has 0 spiro atoms. The monoisotopic (exact) mass is 370 g/mol. The van der Waals surface area contributed by atoms with Crippen LogP contribution in [0.1, 0.15) is 50.5 Å². The van der Waals surface area contributed by atoms with E-state index >= 15 is 0 Å². The Morgan fingerprint density at radius 2 is 1.78 bits per heavy atom. The van der Waals surface area contributed by atoms with Crippen LogP contribution in [-0.4, -0.2) is 22.9 Å². The number of benzene rings is 1. The number of carbonyl (C=O) groups is 3. The molecule has 0 unspecified atom stereocenters. The maximum Gasteiger partial charge on any atom is 0.319 e. The van der Waals surface area contributed by atoms with Gasteiger partial charge in [0.15, 0.2) is 5.41 Å². The first-order valence-electron chi connectivity index (χ1n) is 9.58. The molecule has 0 aliphatic heterocycles. The molecule has 1 aromatic carbocycles. The maximum atomic E-state index is 12.4. The highest BCUT2D eigenvalue weighted by molar-refractivity contribution is 6.02. The molecule has 1 saturated carbocycles. The first-order valence-corrected chi connectivity index (χ1v) is 9.58. The number of carbonyl (C=O) groups excluding carboxylic acids is 2. The van der Waals surface area contributed by atoms with Crippen LogP contribution in [0, 0.1) is 11.3 Å². The van der Waals surface area contributed by atoms with Crippen molar-refractivity contribution in [3.63, 3.8) is 0 Å². The number of rotatable bonds is 6. The van der Waals surface area contributed by atoms with E-state index < -0.39 is 17.3 Å². The van der Waals surface area contributed by atoms with Gasteiger partial charge in [-0.05, 0) is 43.4 Å². The Morgan fingerprint density at radius 1 is 1.07 bits per heavy atom. The number of allylic oxidation sites excluding steroid dienone is 2. The van der Waals surface area contributed by atoms with Crippen molar-refractivity contribution < 1.29 is 19.5 Å². The topological polar surface area (TPSA) is 95.5 Å². The lowest BCUT2D eigenvalue weighted by molar-refractivity contribution is -0.155. The fourth-order valence-electron chi connectivity index (χ4n) is 3.83. The number of hydrogen-bond acceptors (Lipinski definition) is 3. The molecule has 0 radical (unpaired) electrons. The molecule has 0 saturated heterocycles. The summed E-state index contributed by atoms with van der Waals surface area (Å²) in [7, 11) is 0. The molecule has 6 nitrogen and oxygen atoms in total. The molecule has 6 heteroatoms. The summed E-state index contributed by atoms with van der Waals surface area (Å²) in [4.78, 5) is 36.4. The molecule has 3 rings (SSSR count). The smallest absolute Gasteiger partial charge is 0.319 e. The van der Waals surface area contributed by atoms with Gasteiger partial charge in [-0.25, -0.2) is 0 Å². The average molecular weight is 370 g/mol. The Bertz CT molecular complexity index is 742. The van der Waals surface area contributed by atoms with E-state index in [1.807, 2.05) is 24.3 Å². The summed E-state index contributed by atoms with van der Waals surface area (Å²) in [6, 6.07) is 7.31. The van der Waals surface area contributed by atoms with Crippen molar-refractivity contribution in [1.82, 2.24) is 5.32 Å². The van der Waals surface area contributed by atoms with Crippen LogP contribution in [0.5, 0.6) is 0 Å². The molecule has 27 heavy (non-hydrogen) atoms. The number of nitrogens with one attached hydrogen (secondary N) is 2. The molecule has 1 aromatic rings. The second-order valence-electron chi connectivity index (χ2n) is 7.47. The van der Waals surface area contributed by atoms with Crippen molar-refractivity contribution in [2.75, 3.05) is 5.32 Å². The van der Waals surface area contributed by atoms with Gasteiger partial charge in [0.05, 0.1) is 0 Å². The van der Waals surface area contributed by atoms with Crippen molar-refractivity contribution in [3.8, 4) is 0 Å². The molecule has 0 atom stereocenters. The third-order valence-corrected chi connectivity index (χ3v) is 5.57. The molecule has 3 N–H and O–H groups in total. The molecular formula is C21H26N2O4. The Balaban J connectivity index is 1.58. The largest absolute Gasteiger partial charge is 0.480 e. The molecule has 0 heterocycles. The van der Waals surface area contributed by atoms with Crippen LogP contribution in [-0.2, 0) is 20.9 Å². The highest BCUT2D eigenvalue weighted by Gasteiger charge is 2.46. The van der Waals surface area contributed by atoms with E-state index in [-0.39, 0.29) is 31.2 Å². The van der Waals surface area contributed by atoms with E-state index in [4.69, 9.17) is 0 Å². The van der Waals surface area contributed by atoms with E-state index in [0.717, 1.165) is 31.2 Å². The SMILES string of the molecule is O=C(Nc1cccc(CNC(=O)C2(C(=O)O)CC=CC2)c1)C1CCCCC1. The summed E-state index contributed by atoms with van der Waals surface area (Å²) in [6.07, 6.45) is 9.17. The molecule has 0 bridgehead atoms. The summed E-state index contributed by atoms with van der Waals surface area (Å²) >= 11 is 0. The quantitative estimate of drug-likeness (QED) is 0.529. The van der Waals surface area contributed by atoms with Gasteiger partial charge in [-0.2, -0.15) is 0 Å². The predicted molar refractivity (Wildman–Crippen MR) is 102 cm³/mol. The van der Waals surface area contributed by atoms with Crippen LogP contribution < -0.4 is 10.6 Å². The summed E-state index contributed by atoms with van der Waals surface area (Å²) in [5.74, 6) is -1.44. The number of aliphatic carboxylic acids is 1. The van der Waals surface area contributed by atoms with E-state index in [0.29, 0.717) is 5.69 Å². The minimum absolute atomic E-state index is 0.0535. The fraction of sp³-hybridized carbons (Fsp3) is 0.476. The number of carboxylic acid groups (broad SMARTS) is 1. The normalized spacial score (nSPS) is 18.8. The van der Waals surface area contributed by atoms with Crippen LogP contribution in [0.4, 0.5) is 5.69 Å². The van der Waals surface area contributed by atoms with Gasteiger partial charge in [0.2, 0.25) is 11.8 Å². The zero-order chi connectivity index (χ0) is 19.3. The molecule has 1 fully saturated rings. The van der Waals surface area contributed by atoms with Crippen molar-refractivity contribution in [1.29, 1.82) is 0 Å². The first kappa shape index (κ1) is 19.1. The van der Waals surface area contributed by atoms with Crippen LogP contribution in [0.3, 0.4) is 0 Å². The van der Waals surface area contributed by atoms with E-state index in [2.05, 4.69) is 10.6 Å². The third-order valence-electron chi connectivity index (χ3n) is 5.57. The Hall–Kier alpha value is -2.63. The van der Waals surface area contributed by atoms with Gasteiger partial charge in [-0.3, -0.25) is 14.4 Å². The predicted octanol–water partition coefficient (Wildman–Crippen LogP) is 3.24. The maximum absolute atomic E-state index is 12.4. The molecular weight excluding hydrogens is 344 g/mol. The Kier molecular flexibility index (Phi) is 5.94. The molecule has 0 aromatic heterocycles. The highest BCUT2D eigenvalue weighted by atomic mass is 16.4. The summed E-state index contributed by atoms with van der Waals surface area (Å²) in [5, 5.41) is 15.1. The van der Waals surface area contributed by atoms with Crippen LogP contribution in [0.15, 0.2) is 36.4 Å². The zero-order valence-corrected chi connectivity index (χ0v) is 15.4. The summed E-state index contributed by atoms with van der Waals surface area (Å²) in [6.45, 7) is 0.223. The van der Waals surface area contributed by atoms with Crippen molar-refractivity contribution >= 4 is 23.5 Å². The van der Waals surface area contributed by atoms with Gasteiger partial charge in [0, 0.05) is 18.2 Å². The van der Waals surface area contributed by atoms with Gasteiger partial charge in [-0.15, -0.1) is 0 Å². The molecule has 2 amide bonds. The van der Waals surface area contributed by atoms with E-state index in [1.54, 1.807) is 12.2 Å². The molecule has 2 aliphatic rings. The van der Waals surface area contributed by atoms with Gasteiger partial charge >= 0.3 is 5.97 Å². The summed E-state index contributed by atoms with van der Waals surface area (Å²) < 4.78 is 0. The van der Waals surface area contributed by atoms with Crippen molar-refractivity contribution in [3.05, 3.63) is 42.0 Å².